The summed E-state index contributed by atoms with van der Waals surface area (Å²) in [6.45, 7) is 6.15. The van der Waals surface area contributed by atoms with Crippen LogP contribution < -0.4 is 5.73 Å². The lowest BCUT2D eigenvalue weighted by molar-refractivity contribution is 0.895. The Morgan fingerprint density at radius 2 is 1.90 bits per heavy atom. The van der Waals surface area contributed by atoms with E-state index < -0.39 is 0 Å². The standard InChI is InChI=1S/C16H18N4S/c1-4-13-14(15-10(2)18-11(3)21-15)19-20(16(13)17)12-8-6-5-7-9-12/h5-9H,4,17H2,1-3H3. The maximum Gasteiger partial charge on any atom is 0.131 e. The second kappa shape index (κ2) is 5.33. The number of anilines is 1. The van der Waals surface area contributed by atoms with Gasteiger partial charge in [0.15, 0.2) is 0 Å². The topological polar surface area (TPSA) is 56.7 Å². The summed E-state index contributed by atoms with van der Waals surface area (Å²) >= 11 is 1.67. The zero-order chi connectivity index (χ0) is 15.0. The van der Waals surface area contributed by atoms with Crippen LogP contribution in [0, 0.1) is 13.8 Å². The fraction of sp³-hybridized carbons (Fsp3) is 0.250. The van der Waals surface area contributed by atoms with E-state index in [2.05, 4.69) is 11.9 Å². The number of hydrogen-bond donors (Lipinski definition) is 1. The number of thiazole rings is 1. The molecule has 0 saturated carbocycles. The van der Waals surface area contributed by atoms with Crippen LogP contribution in [0.1, 0.15) is 23.2 Å². The van der Waals surface area contributed by atoms with E-state index in [-0.39, 0.29) is 0 Å². The molecule has 2 aromatic heterocycles. The Morgan fingerprint density at radius 1 is 1.19 bits per heavy atom. The van der Waals surface area contributed by atoms with Gasteiger partial charge in [-0.05, 0) is 32.4 Å². The first-order chi connectivity index (χ1) is 10.1. The monoisotopic (exact) mass is 298 g/mol. The highest BCUT2D eigenvalue weighted by atomic mass is 32.1. The fourth-order valence-corrected chi connectivity index (χ4v) is 3.44. The van der Waals surface area contributed by atoms with Gasteiger partial charge in [-0.2, -0.15) is 5.10 Å². The molecule has 5 heteroatoms. The van der Waals surface area contributed by atoms with Crippen LogP contribution in [-0.4, -0.2) is 14.8 Å². The number of aryl methyl sites for hydroxylation is 2. The average molecular weight is 298 g/mol. The van der Waals surface area contributed by atoms with Gasteiger partial charge in [-0.3, -0.25) is 0 Å². The normalized spacial score (nSPS) is 11.0. The number of para-hydroxylation sites is 1. The minimum absolute atomic E-state index is 0.712. The molecule has 0 aliphatic rings. The Balaban J connectivity index is 2.21. The molecule has 2 heterocycles. The first-order valence-corrected chi connectivity index (χ1v) is 7.80. The Kier molecular flexibility index (Phi) is 3.51. The van der Waals surface area contributed by atoms with Crippen molar-refractivity contribution < 1.29 is 0 Å². The third-order valence-corrected chi connectivity index (χ3v) is 4.58. The second-order valence-electron chi connectivity index (χ2n) is 4.96. The third-order valence-electron chi connectivity index (χ3n) is 3.50. The number of nitrogens with zero attached hydrogens (tertiary/aromatic N) is 3. The quantitative estimate of drug-likeness (QED) is 0.801. The molecule has 0 amide bonds. The fourth-order valence-electron chi connectivity index (χ4n) is 2.51. The van der Waals surface area contributed by atoms with Crippen LogP contribution in [0.5, 0.6) is 0 Å². The molecule has 0 unspecified atom stereocenters. The van der Waals surface area contributed by atoms with Crippen LogP contribution in [0.2, 0.25) is 0 Å². The van der Waals surface area contributed by atoms with Crippen molar-refractivity contribution in [1.29, 1.82) is 0 Å². The molecule has 0 atom stereocenters. The van der Waals surface area contributed by atoms with Gasteiger partial charge in [0.05, 0.1) is 21.3 Å². The van der Waals surface area contributed by atoms with Crippen molar-refractivity contribution in [2.45, 2.75) is 27.2 Å². The summed E-state index contributed by atoms with van der Waals surface area (Å²) in [7, 11) is 0. The molecule has 21 heavy (non-hydrogen) atoms. The van der Waals surface area contributed by atoms with Crippen LogP contribution in [-0.2, 0) is 6.42 Å². The molecule has 3 aromatic rings. The average Bonchev–Trinajstić information content (AvgIpc) is 2.99. The number of hydrogen-bond acceptors (Lipinski definition) is 4. The zero-order valence-electron chi connectivity index (χ0n) is 12.4. The minimum Gasteiger partial charge on any atom is -0.383 e. The predicted octanol–water partition coefficient (Wildman–Crippen LogP) is 3.76. The molecule has 0 fully saturated rings. The van der Waals surface area contributed by atoms with E-state index in [1.165, 1.54) is 0 Å². The molecule has 4 nitrogen and oxygen atoms in total. The Bertz CT molecular complexity index is 771. The largest absolute Gasteiger partial charge is 0.383 e. The summed E-state index contributed by atoms with van der Waals surface area (Å²) in [5.74, 6) is 0.712. The van der Waals surface area contributed by atoms with E-state index in [4.69, 9.17) is 10.8 Å². The van der Waals surface area contributed by atoms with Gasteiger partial charge in [-0.15, -0.1) is 11.3 Å². The number of nitrogens with two attached hydrogens (primary N) is 1. The van der Waals surface area contributed by atoms with Crippen molar-refractivity contribution >= 4 is 17.2 Å². The molecular weight excluding hydrogens is 280 g/mol. The Morgan fingerprint density at radius 3 is 2.48 bits per heavy atom. The molecule has 0 saturated heterocycles. The molecule has 0 bridgehead atoms. The van der Waals surface area contributed by atoms with Crippen molar-refractivity contribution in [3.05, 3.63) is 46.6 Å². The van der Waals surface area contributed by atoms with Gasteiger partial charge in [0.2, 0.25) is 0 Å². The molecule has 0 spiro atoms. The van der Waals surface area contributed by atoms with Crippen molar-refractivity contribution in [2.75, 3.05) is 5.73 Å². The lowest BCUT2D eigenvalue weighted by Gasteiger charge is -2.03. The SMILES string of the molecule is CCc1c(-c2sc(C)nc2C)nn(-c2ccccc2)c1N. The molecule has 108 valence electrons. The number of aromatic nitrogens is 3. The Hall–Kier alpha value is -2.14. The highest BCUT2D eigenvalue weighted by Gasteiger charge is 2.20. The van der Waals surface area contributed by atoms with Crippen molar-refractivity contribution in [2.24, 2.45) is 0 Å². The summed E-state index contributed by atoms with van der Waals surface area (Å²) in [5.41, 5.74) is 10.4. The van der Waals surface area contributed by atoms with Gasteiger partial charge in [0.1, 0.15) is 11.5 Å². The molecule has 0 aliphatic carbocycles. The van der Waals surface area contributed by atoms with E-state index >= 15 is 0 Å². The third kappa shape index (κ3) is 2.34. The van der Waals surface area contributed by atoms with E-state index in [1.54, 1.807) is 11.3 Å². The van der Waals surface area contributed by atoms with Gasteiger partial charge in [-0.25, -0.2) is 9.67 Å². The molecule has 0 aliphatic heterocycles. The van der Waals surface area contributed by atoms with E-state index in [9.17, 15) is 0 Å². The summed E-state index contributed by atoms with van der Waals surface area (Å²) in [6.07, 6.45) is 0.852. The van der Waals surface area contributed by atoms with E-state index in [0.29, 0.717) is 5.82 Å². The molecule has 3 rings (SSSR count). The first kappa shape index (κ1) is 13.8. The van der Waals surface area contributed by atoms with Crippen LogP contribution >= 0.6 is 11.3 Å². The summed E-state index contributed by atoms with van der Waals surface area (Å²) in [5, 5.41) is 5.81. The van der Waals surface area contributed by atoms with Crippen molar-refractivity contribution in [3.8, 4) is 16.3 Å². The van der Waals surface area contributed by atoms with Crippen molar-refractivity contribution in [3.63, 3.8) is 0 Å². The first-order valence-electron chi connectivity index (χ1n) is 6.99. The molecular formula is C16H18N4S. The summed E-state index contributed by atoms with van der Waals surface area (Å²) in [6, 6.07) is 9.99. The van der Waals surface area contributed by atoms with Crippen molar-refractivity contribution in [1.82, 2.24) is 14.8 Å². The summed E-state index contributed by atoms with van der Waals surface area (Å²) < 4.78 is 1.82. The van der Waals surface area contributed by atoms with Gasteiger partial charge in [0.25, 0.3) is 0 Å². The van der Waals surface area contributed by atoms with E-state index in [0.717, 1.165) is 38.9 Å². The molecule has 1 aromatic carbocycles. The zero-order valence-corrected chi connectivity index (χ0v) is 13.2. The van der Waals surface area contributed by atoms with Crippen LogP contribution in [0.25, 0.3) is 16.3 Å². The summed E-state index contributed by atoms with van der Waals surface area (Å²) in [4.78, 5) is 5.62. The minimum atomic E-state index is 0.712. The number of nitrogen functional groups attached to an aromatic ring is 1. The van der Waals surface area contributed by atoms with Crippen LogP contribution in [0.3, 0.4) is 0 Å². The van der Waals surface area contributed by atoms with E-state index in [1.807, 2.05) is 48.9 Å². The highest BCUT2D eigenvalue weighted by molar-refractivity contribution is 7.15. The highest BCUT2D eigenvalue weighted by Crippen LogP contribution is 2.35. The predicted molar refractivity (Wildman–Crippen MR) is 87.9 cm³/mol. The van der Waals surface area contributed by atoms with Crippen LogP contribution in [0.4, 0.5) is 5.82 Å². The number of rotatable bonds is 3. The maximum absolute atomic E-state index is 6.33. The van der Waals surface area contributed by atoms with Gasteiger partial charge in [0, 0.05) is 5.56 Å². The second-order valence-corrected chi connectivity index (χ2v) is 6.16. The molecule has 0 radical (unpaired) electrons. The lowest BCUT2D eigenvalue weighted by atomic mass is 10.1. The van der Waals surface area contributed by atoms with Gasteiger partial charge >= 0.3 is 0 Å². The lowest BCUT2D eigenvalue weighted by Crippen LogP contribution is -2.02. The maximum atomic E-state index is 6.33. The Labute approximate surface area is 128 Å². The van der Waals surface area contributed by atoms with Gasteiger partial charge < -0.3 is 5.73 Å². The van der Waals surface area contributed by atoms with Gasteiger partial charge in [-0.1, -0.05) is 25.1 Å². The number of benzene rings is 1. The molecule has 2 N–H and O–H groups in total. The van der Waals surface area contributed by atoms with Crippen LogP contribution in [0.15, 0.2) is 30.3 Å². The smallest absolute Gasteiger partial charge is 0.131 e.